The number of hydrogen-bond acceptors (Lipinski definition) is 5. The second-order valence-corrected chi connectivity index (χ2v) is 3.22. The Balaban J connectivity index is 2.81. The Morgan fingerprint density at radius 2 is 2.43 bits per heavy atom. The molecule has 7 heteroatoms. The zero-order chi connectivity index (χ0) is 10.1. The van der Waals surface area contributed by atoms with E-state index >= 15 is 0 Å². The fourth-order valence-corrected chi connectivity index (χ4v) is 1.66. The molecule has 0 radical (unpaired) electrons. The van der Waals surface area contributed by atoms with E-state index in [-0.39, 0.29) is 5.82 Å². The fraction of sp³-hybridized carbons (Fsp3) is 0.143. The van der Waals surface area contributed by atoms with E-state index < -0.39 is 4.92 Å². The predicted octanol–water partition coefficient (Wildman–Crippen LogP) is 1.47. The lowest BCUT2D eigenvalue weighted by molar-refractivity contribution is -0.388. The van der Waals surface area contributed by atoms with Crippen LogP contribution in [-0.4, -0.2) is 25.3 Å². The monoisotopic (exact) mass is 210 g/mol. The average Bonchev–Trinajstić information content (AvgIpc) is 2.55. The highest BCUT2D eigenvalue weighted by atomic mass is 32.2. The fourth-order valence-electron chi connectivity index (χ4n) is 1.17. The van der Waals surface area contributed by atoms with Crippen molar-refractivity contribution in [2.24, 2.45) is 0 Å². The Bertz CT molecular complexity index is 495. The minimum Gasteiger partial charge on any atom is -0.358 e. The van der Waals surface area contributed by atoms with Crippen molar-refractivity contribution in [2.75, 3.05) is 6.26 Å². The van der Waals surface area contributed by atoms with Crippen LogP contribution >= 0.6 is 11.9 Å². The Morgan fingerprint density at radius 3 is 3.07 bits per heavy atom. The lowest BCUT2D eigenvalue weighted by atomic mass is 10.4. The van der Waals surface area contributed by atoms with Gasteiger partial charge in [0.1, 0.15) is 5.52 Å². The average molecular weight is 210 g/mol. The van der Waals surface area contributed by atoms with Crippen molar-refractivity contribution in [3.05, 3.63) is 28.4 Å². The Kier molecular flexibility index (Phi) is 2.08. The van der Waals surface area contributed by atoms with Gasteiger partial charge < -0.3 is 10.1 Å². The van der Waals surface area contributed by atoms with Crippen LogP contribution in [0.2, 0.25) is 0 Å². The molecule has 14 heavy (non-hydrogen) atoms. The molecule has 0 N–H and O–H groups in total. The maximum atomic E-state index is 10.7. The van der Waals surface area contributed by atoms with Crippen LogP contribution in [0.5, 0.6) is 0 Å². The van der Waals surface area contributed by atoms with Gasteiger partial charge in [-0.2, -0.15) is 0 Å². The first-order chi connectivity index (χ1) is 6.74. The summed E-state index contributed by atoms with van der Waals surface area (Å²) in [7, 11) is 0. The van der Waals surface area contributed by atoms with Crippen molar-refractivity contribution in [3.63, 3.8) is 0 Å². The molecular weight excluding hydrogens is 204 g/mol. The number of nitro groups is 1. The van der Waals surface area contributed by atoms with Gasteiger partial charge in [0.25, 0.3) is 0 Å². The van der Waals surface area contributed by atoms with E-state index in [1.807, 2.05) is 0 Å². The van der Waals surface area contributed by atoms with E-state index in [1.165, 1.54) is 22.2 Å². The minimum atomic E-state index is -0.473. The van der Waals surface area contributed by atoms with Crippen LogP contribution in [0.25, 0.3) is 11.0 Å². The lowest BCUT2D eigenvalue weighted by Crippen LogP contribution is -1.96. The molecule has 0 aromatic carbocycles. The van der Waals surface area contributed by atoms with Gasteiger partial charge in [0, 0.05) is 12.5 Å². The molecule has 0 amide bonds. The Labute approximate surface area is 83.2 Å². The quantitative estimate of drug-likeness (QED) is 0.554. The van der Waals surface area contributed by atoms with Crippen LogP contribution in [0.3, 0.4) is 0 Å². The van der Waals surface area contributed by atoms with Crippen LogP contribution in [0.15, 0.2) is 18.3 Å². The second kappa shape index (κ2) is 3.26. The second-order valence-electron chi connectivity index (χ2n) is 2.51. The summed E-state index contributed by atoms with van der Waals surface area (Å²) < 4.78 is 1.26. The highest BCUT2D eigenvalue weighted by Crippen LogP contribution is 2.25. The van der Waals surface area contributed by atoms with E-state index in [2.05, 4.69) is 10.1 Å². The zero-order valence-electron chi connectivity index (χ0n) is 7.25. The van der Waals surface area contributed by atoms with Gasteiger partial charge >= 0.3 is 5.82 Å². The molecule has 72 valence electrons. The van der Waals surface area contributed by atoms with Gasteiger partial charge in [-0.1, -0.05) is 9.19 Å². The van der Waals surface area contributed by atoms with E-state index in [1.54, 1.807) is 18.4 Å². The molecule has 0 atom stereocenters. The van der Waals surface area contributed by atoms with Crippen molar-refractivity contribution in [1.29, 1.82) is 0 Å². The Hall–Kier alpha value is -1.63. The molecule has 0 aliphatic carbocycles. The highest BCUT2D eigenvalue weighted by Gasteiger charge is 2.22. The van der Waals surface area contributed by atoms with Crippen molar-refractivity contribution in [3.8, 4) is 0 Å². The molecule has 0 fully saturated rings. The molecule has 0 aliphatic heterocycles. The van der Waals surface area contributed by atoms with Crippen molar-refractivity contribution >= 4 is 28.8 Å². The molecular formula is C7H6N4O2S. The highest BCUT2D eigenvalue weighted by molar-refractivity contribution is 7.97. The normalized spacial score (nSPS) is 10.6. The van der Waals surface area contributed by atoms with Crippen LogP contribution in [0.4, 0.5) is 5.82 Å². The third-order valence-corrected chi connectivity index (χ3v) is 2.32. The molecule has 0 aliphatic rings. The predicted molar refractivity (Wildman–Crippen MR) is 53.1 cm³/mol. The standard InChI is InChI=1S/C7H6N4O2S/c1-14-10-7(11(12)13)6-5(9-10)3-2-4-8-6/h2-4H,1H3. The maximum Gasteiger partial charge on any atom is 0.383 e. The molecule has 2 aromatic rings. The SMILES string of the molecule is CSn1nc2cccnc2c1[N+](=O)[O-]. The van der Waals surface area contributed by atoms with Crippen molar-refractivity contribution in [2.45, 2.75) is 0 Å². The molecule has 6 nitrogen and oxygen atoms in total. The van der Waals surface area contributed by atoms with Gasteiger partial charge in [-0.3, -0.25) is 0 Å². The topological polar surface area (TPSA) is 73.8 Å². The summed E-state index contributed by atoms with van der Waals surface area (Å²) >= 11 is 1.17. The minimum absolute atomic E-state index is 0.0758. The van der Waals surface area contributed by atoms with E-state index in [0.717, 1.165) is 0 Å². The first-order valence-electron chi connectivity index (χ1n) is 3.76. The zero-order valence-corrected chi connectivity index (χ0v) is 8.06. The van der Waals surface area contributed by atoms with Gasteiger partial charge in [0.15, 0.2) is 5.52 Å². The summed E-state index contributed by atoms with van der Waals surface area (Å²) in [6, 6.07) is 3.39. The lowest BCUT2D eigenvalue weighted by Gasteiger charge is -1.92. The van der Waals surface area contributed by atoms with Gasteiger partial charge in [0.2, 0.25) is 0 Å². The largest absolute Gasteiger partial charge is 0.383 e. The van der Waals surface area contributed by atoms with Crippen LogP contribution in [-0.2, 0) is 0 Å². The number of aromatic nitrogens is 3. The van der Waals surface area contributed by atoms with Gasteiger partial charge in [0.05, 0.1) is 11.9 Å². The number of fused-ring (bicyclic) bond motifs is 1. The number of rotatable bonds is 2. The van der Waals surface area contributed by atoms with E-state index in [0.29, 0.717) is 11.0 Å². The summed E-state index contributed by atoms with van der Waals surface area (Å²) in [6.45, 7) is 0. The molecule has 0 saturated heterocycles. The summed E-state index contributed by atoms with van der Waals surface area (Å²) in [5, 5.41) is 14.8. The van der Waals surface area contributed by atoms with Gasteiger partial charge in [-0.05, 0) is 17.1 Å². The molecule has 0 saturated carbocycles. The van der Waals surface area contributed by atoms with E-state index in [4.69, 9.17) is 0 Å². The third-order valence-electron chi connectivity index (χ3n) is 1.72. The third kappa shape index (κ3) is 1.22. The van der Waals surface area contributed by atoms with E-state index in [9.17, 15) is 10.1 Å². The van der Waals surface area contributed by atoms with Crippen LogP contribution < -0.4 is 0 Å². The molecule has 2 heterocycles. The number of hydrogen-bond donors (Lipinski definition) is 0. The maximum absolute atomic E-state index is 10.7. The summed E-state index contributed by atoms with van der Waals surface area (Å²) in [5.41, 5.74) is 0.861. The van der Waals surface area contributed by atoms with Crippen LogP contribution in [0.1, 0.15) is 0 Å². The summed E-state index contributed by atoms with van der Waals surface area (Å²) in [4.78, 5) is 14.2. The summed E-state index contributed by atoms with van der Waals surface area (Å²) in [5.74, 6) is -0.0758. The number of pyridine rings is 1. The summed E-state index contributed by atoms with van der Waals surface area (Å²) in [6.07, 6.45) is 3.24. The molecule has 2 aromatic heterocycles. The van der Waals surface area contributed by atoms with Gasteiger partial charge in [-0.25, -0.2) is 4.98 Å². The van der Waals surface area contributed by atoms with Crippen LogP contribution in [0, 0.1) is 10.1 Å². The smallest absolute Gasteiger partial charge is 0.358 e. The molecule has 0 spiro atoms. The molecule has 0 bridgehead atoms. The first kappa shape index (κ1) is 8.95. The molecule has 0 unspecified atom stereocenters. The van der Waals surface area contributed by atoms with Crippen molar-refractivity contribution < 1.29 is 4.92 Å². The Morgan fingerprint density at radius 1 is 1.64 bits per heavy atom. The van der Waals surface area contributed by atoms with Gasteiger partial charge in [-0.15, -0.1) is 0 Å². The molecule has 2 rings (SSSR count). The number of nitrogens with zero attached hydrogens (tertiary/aromatic N) is 4. The first-order valence-corrected chi connectivity index (χ1v) is 4.95. The van der Waals surface area contributed by atoms with Crippen molar-refractivity contribution in [1.82, 2.24) is 14.2 Å².